The molecule has 0 unspecified atom stereocenters. The number of nitrogens with one attached hydrogen (secondary N) is 1. The van der Waals surface area contributed by atoms with Crippen LogP contribution >= 0.6 is 0 Å². The van der Waals surface area contributed by atoms with Crippen LogP contribution in [0.5, 0.6) is 0 Å². The molecule has 3 rings (SSSR count). The Bertz CT molecular complexity index is 774. The smallest absolute Gasteiger partial charge is 0.252 e. The van der Waals surface area contributed by atoms with Crippen LogP contribution in [0.15, 0.2) is 40.1 Å². The molecule has 0 atom stereocenters. The predicted octanol–water partition coefficient (Wildman–Crippen LogP) is 0.0622. The molecule has 0 radical (unpaired) electrons. The van der Waals surface area contributed by atoms with Crippen LogP contribution in [0.3, 0.4) is 0 Å². The Labute approximate surface area is 134 Å². The molecular formula is C16H21N5O2. The molecular weight excluding hydrogens is 294 g/mol. The number of H-pyrrole nitrogens is 1. The van der Waals surface area contributed by atoms with Crippen LogP contribution in [-0.2, 0) is 6.54 Å². The third kappa shape index (κ3) is 3.87. The van der Waals surface area contributed by atoms with E-state index in [0.29, 0.717) is 12.4 Å². The summed E-state index contributed by atoms with van der Waals surface area (Å²) in [6.07, 6.45) is 1.82. The molecule has 0 aromatic carbocycles. The lowest BCUT2D eigenvalue weighted by Crippen LogP contribution is -2.48. The molecule has 122 valence electrons. The third-order valence-electron chi connectivity index (χ3n) is 4.10. The van der Waals surface area contributed by atoms with E-state index in [1.807, 2.05) is 12.3 Å². The van der Waals surface area contributed by atoms with E-state index in [4.69, 9.17) is 0 Å². The van der Waals surface area contributed by atoms with E-state index in [-0.39, 0.29) is 11.1 Å². The van der Waals surface area contributed by atoms with Gasteiger partial charge in [0.25, 0.3) is 11.1 Å². The molecule has 1 fully saturated rings. The molecule has 2 aromatic heterocycles. The van der Waals surface area contributed by atoms with Gasteiger partial charge in [-0.1, -0.05) is 6.07 Å². The zero-order valence-electron chi connectivity index (χ0n) is 13.2. The average molecular weight is 315 g/mol. The number of anilines is 1. The van der Waals surface area contributed by atoms with Crippen molar-refractivity contribution in [1.82, 2.24) is 19.4 Å². The van der Waals surface area contributed by atoms with E-state index in [9.17, 15) is 9.59 Å². The van der Waals surface area contributed by atoms with Crippen LogP contribution in [0.1, 0.15) is 5.82 Å². The molecule has 7 nitrogen and oxygen atoms in total. The second-order valence-corrected chi connectivity index (χ2v) is 5.75. The summed E-state index contributed by atoms with van der Waals surface area (Å²) in [4.78, 5) is 34.8. The summed E-state index contributed by atoms with van der Waals surface area (Å²) in [5, 5.41) is 0. The Kier molecular flexibility index (Phi) is 4.57. The molecule has 0 spiro atoms. The lowest BCUT2D eigenvalue weighted by molar-refractivity contribution is 0.246. The fourth-order valence-electron chi connectivity index (χ4n) is 2.82. The first-order chi connectivity index (χ1) is 11.1. The van der Waals surface area contributed by atoms with E-state index in [1.54, 1.807) is 29.7 Å². The predicted molar refractivity (Wildman–Crippen MR) is 88.9 cm³/mol. The number of rotatable bonds is 4. The minimum atomic E-state index is -0.113. The second-order valence-electron chi connectivity index (χ2n) is 5.75. The van der Waals surface area contributed by atoms with Crippen LogP contribution in [0, 0.1) is 6.92 Å². The van der Waals surface area contributed by atoms with Gasteiger partial charge in [0.05, 0.1) is 0 Å². The van der Waals surface area contributed by atoms with Crippen LogP contribution < -0.4 is 16.0 Å². The number of aromatic amines is 1. The molecule has 0 aliphatic carbocycles. The normalized spacial score (nSPS) is 15.8. The number of hydrogen-bond donors (Lipinski definition) is 1. The third-order valence-corrected chi connectivity index (χ3v) is 4.10. The summed E-state index contributed by atoms with van der Waals surface area (Å²) in [5.74, 6) is 1.38. The fraction of sp³-hybridized carbons (Fsp3) is 0.438. The van der Waals surface area contributed by atoms with Crippen LogP contribution in [-0.4, -0.2) is 52.2 Å². The van der Waals surface area contributed by atoms with Gasteiger partial charge in [0, 0.05) is 57.6 Å². The van der Waals surface area contributed by atoms with Crippen molar-refractivity contribution in [1.29, 1.82) is 0 Å². The van der Waals surface area contributed by atoms with Crippen molar-refractivity contribution in [3.63, 3.8) is 0 Å². The van der Waals surface area contributed by atoms with Gasteiger partial charge in [-0.2, -0.15) is 0 Å². The van der Waals surface area contributed by atoms with Crippen LogP contribution in [0.4, 0.5) is 5.82 Å². The highest BCUT2D eigenvalue weighted by molar-refractivity contribution is 5.37. The molecule has 0 amide bonds. The van der Waals surface area contributed by atoms with E-state index in [2.05, 4.69) is 19.8 Å². The van der Waals surface area contributed by atoms with Crippen molar-refractivity contribution >= 4 is 5.82 Å². The zero-order valence-corrected chi connectivity index (χ0v) is 13.2. The number of hydrogen-bond acceptors (Lipinski definition) is 5. The van der Waals surface area contributed by atoms with Gasteiger partial charge in [-0.3, -0.25) is 14.5 Å². The summed E-state index contributed by atoms with van der Waals surface area (Å²) in [5.41, 5.74) is -0.0762. The number of nitrogens with zero attached hydrogens (tertiary/aromatic N) is 4. The molecule has 1 aliphatic rings. The lowest BCUT2D eigenvalue weighted by atomic mass is 10.3. The largest absolute Gasteiger partial charge is 0.354 e. The van der Waals surface area contributed by atoms with Gasteiger partial charge in [0.1, 0.15) is 11.6 Å². The SMILES string of the molecule is Cc1nc(N2CCN(CCn3ccccc3=O)CC2)cc(=O)[nH]1. The van der Waals surface area contributed by atoms with E-state index in [0.717, 1.165) is 38.5 Å². The lowest BCUT2D eigenvalue weighted by Gasteiger charge is -2.35. The molecule has 1 aliphatic heterocycles. The van der Waals surface area contributed by atoms with Gasteiger partial charge in [-0.15, -0.1) is 0 Å². The Morgan fingerprint density at radius 1 is 1.13 bits per heavy atom. The summed E-state index contributed by atoms with van der Waals surface area (Å²) in [7, 11) is 0. The maximum absolute atomic E-state index is 11.7. The Morgan fingerprint density at radius 2 is 1.91 bits per heavy atom. The van der Waals surface area contributed by atoms with Crippen LogP contribution in [0.2, 0.25) is 0 Å². The van der Waals surface area contributed by atoms with Crippen molar-refractivity contribution in [2.75, 3.05) is 37.6 Å². The van der Waals surface area contributed by atoms with Crippen molar-refractivity contribution in [2.24, 2.45) is 0 Å². The van der Waals surface area contributed by atoms with E-state index >= 15 is 0 Å². The molecule has 1 N–H and O–H groups in total. The van der Waals surface area contributed by atoms with Gasteiger partial charge in [-0.05, 0) is 13.0 Å². The summed E-state index contributed by atoms with van der Waals surface area (Å²) in [6.45, 7) is 6.80. The van der Waals surface area contributed by atoms with Gasteiger partial charge in [0.2, 0.25) is 0 Å². The summed E-state index contributed by atoms with van der Waals surface area (Å²) < 4.78 is 1.73. The maximum atomic E-state index is 11.7. The average Bonchev–Trinajstić information content (AvgIpc) is 2.54. The van der Waals surface area contributed by atoms with Crippen molar-refractivity contribution in [3.05, 3.63) is 57.0 Å². The molecule has 0 bridgehead atoms. The van der Waals surface area contributed by atoms with Crippen molar-refractivity contribution < 1.29 is 0 Å². The van der Waals surface area contributed by atoms with Crippen LogP contribution in [0.25, 0.3) is 0 Å². The second kappa shape index (κ2) is 6.78. The summed E-state index contributed by atoms with van der Waals surface area (Å²) in [6, 6.07) is 6.76. The maximum Gasteiger partial charge on any atom is 0.252 e. The van der Waals surface area contributed by atoms with Crippen molar-refractivity contribution in [3.8, 4) is 0 Å². The highest BCUT2D eigenvalue weighted by Gasteiger charge is 2.18. The van der Waals surface area contributed by atoms with Crippen molar-refractivity contribution in [2.45, 2.75) is 13.5 Å². The number of pyridine rings is 1. The summed E-state index contributed by atoms with van der Waals surface area (Å²) >= 11 is 0. The minimum Gasteiger partial charge on any atom is -0.354 e. The van der Waals surface area contributed by atoms with Gasteiger partial charge >= 0.3 is 0 Å². The monoisotopic (exact) mass is 315 g/mol. The first-order valence-corrected chi connectivity index (χ1v) is 7.82. The quantitative estimate of drug-likeness (QED) is 0.864. The number of aryl methyl sites for hydroxylation is 1. The molecule has 23 heavy (non-hydrogen) atoms. The minimum absolute atomic E-state index is 0.0364. The number of piperazine rings is 1. The highest BCUT2D eigenvalue weighted by Crippen LogP contribution is 2.11. The first kappa shape index (κ1) is 15.5. The standard InChI is InChI=1S/C16H21N5O2/c1-13-17-14(12-15(22)18-13)20-9-6-19(7-10-20)8-11-21-5-3-2-4-16(21)23/h2-5,12H,6-11H2,1H3,(H,17,18,22). The molecule has 7 heteroatoms. The Morgan fingerprint density at radius 3 is 2.61 bits per heavy atom. The fourth-order valence-corrected chi connectivity index (χ4v) is 2.82. The molecule has 1 saturated heterocycles. The molecule has 2 aromatic rings. The Balaban J connectivity index is 1.55. The van der Waals surface area contributed by atoms with Gasteiger partial charge in [0.15, 0.2) is 0 Å². The van der Waals surface area contributed by atoms with Gasteiger partial charge in [-0.25, -0.2) is 4.98 Å². The zero-order chi connectivity index (χ0) is 16.2. The molecule has 0 saturated carbocycles. The van der Waals surface area contributed by atoms with Gasteiger partial charge < -0.3 is 14.5 Å². The van der Waals surface area contributed by atoms with E-state index < -0.39 is 0 Å². The topological polar surface area (TPSA) is 74.2 Å². The molecule has 3 heterocycles. The van der Waals surface area contributed by atoms with E-state index in [1.165, 1.54) is 0 Å². The highest BCUT2D eigenvalue weighted by atomic mass is 16.1. The Hall–Kier alpha value is -2.41. The first-order valence-electron chi connectivity index (χ1n) is 7.82. The number of aromatic nitrogens is 3.